The van der Waals surface area contributed by atoms with Crippen LogP contribution in [0.4, 0.5) is 13.2 Å². The first-order valence-corrected chi connectivity index (χ1v) is 13.7. The van der Waals surface area contributed by atoms with Gasteiger partial charge >= 0.3 is 12.1 Å². The van der Waals surface area contributed by atoms with Crippen LogP contribution in [0.3, 0.4) is 0 Å². The van der Waals surface area contributed by atoms with Crippen molar-refractivity contribution >= 4 is 17.0 Å². The molecule has 5 nitrogen and oxygen atoms in total. The Bertz CT molecular complexity index is 777. The topological polar surface area (TPSA) is 49.9 Å². The number of likely N-dealkylation sites (tertiary alicyclic amines) is 1. The minimum atomic E-state index is -4.48. The van der Waals surface area contributed by atoms with Crippen molar-refractivity contribution in [1.29, 1.82) is 0 Å². The highest BCUT2D eigenvalue weighted by Crippen LogP contribution is 2.32. The van der Waals surface area contributed by atoms with Gasteiger partial charge in [0, 0.05) is 25.2 Å². The number of piperidine rings is 1. The number of hydrogen-bond donors (Lipinski definition) is 0. The number of carbonyl (C=O) groups is 1. The van der Waals surface area contributed by atoms with Gasteiger partial charge in [0.2, 0.25) is 0 Å². The van der Waals surface area contributed by atoms with E-state index < -0.39 is 28.3 Å². The normalized spacial score (nSPS) is 16.2. The van der Waals surface area contributed by atoms with Gasteiger partial charge in [-0.2, -0.15) is 13.2 Å². The summed E-state index contributed by atoms with van der Waals surface area (Å²) in [6, 6.07) is 4.53. The molecule has 0 amide bonds. The Morgan fingerprint density at radius 3 is 2.09 bits per heavy atom. The van der Waals surface area contributed by atoms with E-state index in [0.717, 1.165) is 12.1 Å². The van der Waals surface area contributed by atoms with Crippen molar-refractivity contribution in [3.8, 4) is 0 Å². The third kappa shape index (κ3) is 9.84. The highest BCUT2D eigenvalue weighted by Gasteiger charge is 2.40. The molecular weight excluding hydrogens is 477 g/mol. The summed E-state index contributed by atoms with van der Waals surface area (Å²) < 4.78 is 59.4. The molecule has 2 rings (SSSR count). The lowest BCUT2D eigenvalue weighted by Crippen LogP contribution is -2.57. The van der Waals surface area contributed by atoms with Crippen LogP contribution in [0.25, 0.3) is 0 Å². The molecule has 1 heterocycles. The molecule has 0 bridgehead atoms. The third-order valence-electron chi connectivity index (χ3n) is 5.45. The molecule has 0 spiro atoms. The smallest absolute Gasteiger partial charge is 0.416 e. The van der Waals surface area contributed by atoms with Crippen molar-refractivity contribution in [2.24, 2.45) is 0 Å². The van der Waals surface area contributed by atoms with Gasteiger partial charge in [0.1, 0.15) is 16.5 Å². The Hall–Kier alpha value is -1.45. The maximum atomic E-state index is 13.2. The van der Waals surface area contributed by atoms with Crippen LogP contribution in [0.2, 0.25) is 0 Å². The first kappa shape index (κ1) is 33.5. The average molecular weight is 523 g/mol. The summed E-state index contributed by atoms with van der Waals surface area (Å²) in [6.07, 6.45) is -1.91. The average Bonchev–Trinajstić information content (AvgIpc) is 2.81. The molecule has 0 aromatic heterocycles. The lowest BCUT2D eigenvalue weighted by Gasteiger charge is -2.44. The van der Waals surface area contributed by atoms with Gasteiger partial charge < -0.3 is 4.74 Å². The molecule has 9 heteroatoms. The summed E-state index contributed by atoms with van der Waals surface area (Å²) in [5.41, 5.74) is -1.56. The van der Waals surface area contributed by atoms with E-state index in [-0.39, 0.29) is 22.9 Å². The first-order valence-electron chi connectivity index (χ1n) is 12.6. The summed E-state index contributed by atoms with van der Waals surface area (Å²) in [7, 11) is -1.71. The fourth-order valence-electron chi connectivity index (χ4n) is 3.77. The minimum Gasteiger partial charge on any atom is -0.465 e. The van der Waals surface area contributed by atoms with Crippen LogP contribution >= 0.6 is 0 Å². The van der Waals surface area contributed by atoms with Gasteiger partial charge in [-0.25, -0.2) is 8.51 Å². The fourth-order valence-corrected chi connectivity index (χ4v) is 5.30. The second kappa shape index (κ2) is 15.6. The van der Waals surface area contributed by atoms with Gasteiger partial charge in [-0.3, -0.25) is 9.69 Å². The van der Waals surface area contributed by atoms with Gasteiger partial charge in [-0.1, -0.05) is 40.2 Å². The van der Waals surface area contributed by atoms with Crippen molar-refractivity contribution < 1.29 is 26.9 Å². The van der Waals surface area contributed by atoms with E-state index in [9.17, 15) is 22.2 Å². The van der Waals surface area contributed by atoms with Crippen molar-refractivity contribution in [1.82, 2.24) is 9.21 Å². The van der Waals surface area contributed by atoms with Gasteiger partial charge in [-0.15, -0.1) is 0 Å². The summed E-state index contributed by atoms with van der Waals surface area (Å²) in [6.45, 7) is 19.0. The standard InChI is InChI=1S/C21H31F3N2O3S.C3H8.C2H6/c1-6-29-19(27)20(4,5)25-12-10-17(11-13-25)26(15(2)3)30(28)18-9-7-8-16(14-18)21(22,23)24;1-3-2;1-2/h7-9,14-15,17H,6,10-13H2,1-5H3;3H2,1-2H3;1-2H3. The van der Waals surface area contributed by atoms with Crippen LogP contribution in [0.15, 0.2) is 29.2 Å². The quantitative estimate of drug-likeness (QED) is 0.375. The Morgan fingerprint density at radius 1 is 1.14 bits per heavy atom. The van der Waals surface area contributed by atoms with Crippen LogP contribution in [0, 0.1) is 0 Å². The lowest BCUT2D eigenvalue weighted by molar-refractivity contribution is -0.156. The molecule has 35 heavy (non-hydrogen) atoms. The van der Waals surface area contributed by atoms with E-state index in [1.807, 2.05) is 46.4 Å². The number of nitrogens with zero attached hydrogens (tertiary/aromatic N) is 2. The molecular formula is C26H45F3N2O3S. The molecule has 0 saturated carbocycles. The summed E-state index contributed by atoms with van der Waals surface area (Å²) in [4.78, 5) is 14.5. The van der Waals surface area contributed by atoms with Crippen molar-refractivity contribution in [3.05, 3.63) is 29.8 Å². The molecule has 1 saturated heterocycles. The van der Waals surface area contributed by atoms with E-state index in [2.05, 4.69) is 13.8 Å². The lowest BCUT2D eigenvalue weighted by atomic mass is 9.96. The van der Waals surface area contributed by atoms with Crippen molar-refractivity contribution in [2.75, 3.05) is 19.7 Å². The predicted molar refractivity (Wildman–Crippen MR) is 137 cm³/mol. The predicted octanol–water partition coefficient (Wildman–Crippen LogP) is 6.69. The molecule has 1 fully saturated rings. The van der Waals surface area contributed by atoms with E-state index in [4.69, 9.17) is 4.74 Å². The van der Waals surface area contributed by atoms with Gasteiger partial charge in [0.05, 0.1) is 17.1 Å². The second-order valence-electron chi connectivity index (χ2n) is 8.93. The fraction of sp³-hybridized carbons (Fsp3) is 0.731. The maximum Gasteiger partial charge on any atom is 0.416 e. The Morgan fingerprint density at radius 2 is 1.66 bits per heavy atom. The monoisotopic (exact) mass is 522 g/mol. The van der Waals surface area contributed by atoms with Crippen LogP contribution in [0.1, 0.15) is 87.1 Å². The minimum absolute atomic E-state index is 0.0605. The van der Waals surface area contributed by atoms with E-state index >= 15 is 0 Å². The van der Waals surface area contributed by atoms with Gasteiger partial charge in [-0.05, 0) is 65.7 Å². The molecule has 1 aliphatic heterocycles. The third-order valence-corrected chi connectivity index (χ3v) is 7.21. The summed E-state index contributed by atoms with van der Waals surface area (Å²) >= 11 is 0. The number of rotatable bonds is 7. The number of benzene rings is 1. The van der Waals surface area contributed by atoms with E-state index in [0.29, 0.717) is 32.5 Å². The first-order chi connectivity index (χ1) is 16.3. The number of alkyl halides is 3. The largest absolute Gasteiger partial charge is 0.465 e. The Kier molecular flexibility index (Phi) is 15.0. The van der Waals surface area contributed by atoms with Crippen LogP contribution in [0.5, 0.6) is 0 Å². The van der Waals surface area contributed by atoms with Crippen LogP contribution in [-0.2, 0) is 26.7 Å². The Labute approximate surface area is 213 Å². The number of halogens is 3. The zero-order valence-corrected chi connectivity index (χ0v) is 23.7. The molecule has 1 aromatic carbocycles. The second-order valence-corrected chi connectivity index (χ2v) is 10.3. The van der Waals surface area contributed by atoms with Crippen LogP contribution in [-0.4, -0.2) is 56.7 Å². The van der Waals surface area contributed by atoms with Crippen molar-refractivity contribution in [2.45, 2.75) is 110 Å². The van der Waals surface area contributed by atoms with Gasteiger partial charge in [0.15, 0.2) is 0 Å². The molecule has 0 radical (unpaired) electrons. The highest BCUT2D eigenvalue weighted by atomic mass is 32.2. The molecule has 204 valence electrons. The van der Waals surface area contributed by atoms with Gasteiger partial charge in [0.25, 0.3) is 0 Å². The molecule has 1 unspecified atom stereocenters. The highest BCUT2D eigenvalue weighted by molar-refractivity contribution is 7.82. The maximum absolute atomic E-state index is 13.2. The zero-order chi connectivity index (χ0) is 27.4. The molecule has 1 aliphatic rings. The molecule has 0 aliphatic carbocycles. The van der Waals surface area contributed by atoms with Crippen LogP contribution < -0.4 is 0 Å². The number of hydrogen-bond acceptors (Lipinski definition) is 4. The van der Waals surface area contributed by atoms with Crippen molar-refractivity contribution in [3.63, 3.8) is 0 Å². The SMILES string of the molecule is CC.CCC.CCOC(=O)C(C)(C)N1CCC(N(C(C)C)S(=O)c2cccc(C(F)(F)F)c2)CC1. The Balaban J connectivity index is 0.00000214. The number of ether oxygens (including phenoxy) is 1. The number of carbonyl (C=O) groups excluding carboxylic acids is 1. The zero-order valence-electron chi connectivity index (χ0n) is 22.9. The summed E-state index contributed by atoms with van der Waals surface area (Å²) in [5.74, 6) is -0.281. The van der Waals surface area contributed by atoms with E-state index in [1.165, 1.54) is 18.6 Å². The summed E-state index contributed by atoms with van der Waals surface area (Å²) in [5, 5.41) is 0. The molecule has 1 atom stereocenters. The molecule has 0 N–H and O–H groups in total. The van der Waals surface area contributed by atoms with E-state index in [1.54, 1.807) is 11.2 Å². The number of esters is 1. The molecule has 1 aromatic rings.